The number of nitrogens with zero attached hydrogens (tertiary/aromatic N) is 3. The molecule has 26 heavy (non-hydrogen) atoms. The minimum Gasteiger partial charge on any atom is -0.497 e. The Balaban J connectivity index is 1.75. The van der Waals surface area contributed by atoms with Crippen molar-refractivity contribution in [2.75, 3.05) is 31.0 Å². The van der Waals surface area contributed by atoms with E-state index in [1.54, 1.807) is 30.2 Å². The first-order valence-corrected chi connectivity index (χ1v) is 9.03. The SMILES string of the molecule is CCc1nnc(NC(=O)C2CC(=O)N(c3cc(OC)ccc3OC)C2)s1. The number of anilines is 2. The van der Waals surface area contributed by atoms with E-state index in [4.69, 9.17) is 9.47 Å². The van der Waals surface area contributed by atoms with Crippen LogP contribution in [0.1, 0.15) is 18.4 Å². The number of carbonyl (C=O) groups is 2. The monoisotopic (exact) mass is 376 g/mol. The van der Waals surface area contributed by atoms with Crippen LogP contribution >= 0.6 is 11.3 Å². The Bertz CT molecular complexity index is 823. The van der Waals surface area contributed by atoms with E-state index in [0.29, 0.717) is 22.3 Å². The van der Waals surface area contributed by atoms with Crippen LogP contribution in [0, 0.1) is 5.92 Å². The summed E-state index contributed by atoms with van der Waals surface area (Å²) in [5, 5.41) is 12.0. The van der Waals surface area contributed by atoms with Crippen LogP contribution in [0.3, 0.4) is 0 Å². The third-order valence-corrected chi connectivity index (χ3v) is 5.16. The molecule has 8 nitrogen and oxygen atoms in total. The standard InChI is InChI=1S/C17H20N4O4S/c1-4-14-19-20-17(26-14)18-16(23)10-7-15(22)21(9-10)12-8-11(24-2)5-6-13(12)25-3/h5-6,8,10H,4,7,9H2,1-3H3,(H,18,20,23). The lowest BCUT2D eigenvalue weighted by Gasteiger charge is -2.20. The second-order valence-corrected chi connectivity index (χ2v) is 6.85. The first-order chi connectivity index (χ1) is 12.5. The van der Waals surface area contributed by atoms with Gasteiger partial charge in [-0.15, -0.1) is 10.2 Å². The summed E-state index contributed by atoms with van der Waals surface area (Å²) in [5.41, 5.74) is 0.594. The maximum atomic E-state index is 12.5. The van der Waals surface area contributed by atoms with E-state index in [1.807, 2.05) is 6.92 Å². The van der Waals surface area contributed by atoms with Gasteiger partial charge in [-0.1, -0.05) is 18.3 Å². The first kappa shape index (κ1) is 18.1. The predicted molar refractivity (Wildman–Crippen MR) is 97.9 cm³/mol. The Labute approximate surface area is 155 Å². The number of hydrogen-bond donors (Lipinski definition) is 1. The van der Waals surface area contributed by atoms with Gasteiger partial charge in [0.05, 0.1) is 25.8 Å². The molecule has 1 unspecified atom stereocenters. The molecule has 9 heteroatoms. The second kappa shape index (κ2) is 7.69. The summed E-state index contributed by atoms with van der Waals surface area (Å²) < 4.78 is 10.6. The number of benzene rings is 1. The van der Waals surface area contributed by atoms with Crippen molar-refractivity contribution in [2.45, 2.75) is 19.8 Å². The number of rotatable bonds is 6. The zero-order chi connectivity index (χ0) is 18.7. The molecule has 0 spiro atoms. The highest BCUT2D eigenvalue weighted by Crippen LogP contribution is 2.36. The molecular weight excluding hydrogens is 356 g/mol. The smallest absolute Gasteiger partial charge is 0.231 e. The van der Waals surface area contributed by atoms with E-state index < -0.39 is 5.92 Å². The number of ether oxygens (including phenoxy) is 2. The van der Waals surface area contributed by atoms with Crippen LogP contribution in [0.25, 0.3) is 0 Å². The van der Waals surface area contributed by atoms with Gasteiger partial charge in [0, 0.05) is 19.0 Å². The molecule has 138 valence electrons. The number of aryl methyl sites for hydroxylation is 1. The fraction of sp³-hybridized carbons (Fsp3) is 0.412. The summed E-state index contributed by atoms with van der Waals surface area (Å²) in [7, 11) is 3.09. The zero-order valence-electron chi connectivity index (χ0n) is 14.8. The normalized spacial score (nSPS) is 16.7. The van der Waals surface area contributed by atoms with Crippen LogP contribution in [0.2, 0.25) is 0 Å². The van der Waals surface area contributed by atoms with Gasteiger partial charge < -0.3 is 19.7 Å². The Morgan fingerprint density at radius 1 is 1.35 bits per heavy atom. The molecule has 0 saturated carbocycles. The van der Waals surface area contributed by atoms with E-state index in [9.17, 15) is 9.59 Å². The molecule has 0 radical (unpaired) electrons. The summed E-state index contributed by atoms with van der Waals surface area (Å²) in [6.45, 7) is 2.24. The number of aromatic nitrogens is 2. The fourth-order valence-electron chi connectivity index (χ4n) is 2.78. The van der Waals surface area contributed by atoms with Crippen molar-refractivity contribution in [3.05, 3.63) is 23.2 Å². The van der Waals surface area contributed by atoms with Gasteiger partial charge in [-0.3, -0.25) is 9.59 Å². The van der Waals surface area contributed by atoms with Crippen molar-refractivity contribution >= 4 is 34.0 Å². The molecule has 1 atom stereocenters. The summed E-state index contributed by atoms with van der Waals surface area (Å²) in [5.74, 6) is 0.330. The minimum atomic E-state index is -0.465. The lowest BCUT2D eigenvalue weighted by molar-refractivity contribution is -0.122. The van der Waals surface area contributed by atoms with E-state index in [0.717, 1.165) is 11.4 Å². The molecular formula is C17H20N4O4S. The average molecular weight is 376 g/mol. The predicted octanol–water partition coefficient (Wildman–Crippen LogP) is 2.11. The van der Waals surface area contributed by atoms with Gasteiger partial charge in [0.15, 0.2) is 0 Å². The fourth-order valence-corrected chi connectivity index (χ4v) is 3.46. The largest absolute Gasteiger partial charge is 0.497 e. The molecule has 1 fully saturated rings. The molecule has 0 bridgehead atoms. The number of amides is 2. The molecule has 2 aromatic rings. The van der Waals surface area contributed by atoms with Gasteiger partial charge in [-0.2, -0.15) is 0 Å². The molecule has 1 N–H and O–H groups in total. The van der Waals surface area contributed by atoms with Crippen molar-refractivity contribution in [1.29, 1.82) is 0 Å². The molecule has 2 heterocycles. The topological polar surface area (TPSA) is 93.7 Å². The molecule has 0 aliphatic carbocycles. The van der Waals surface area contributed by atoms with Crippen LogP contribution in [0.4, 0.5) is 10.8 Å². The van der Waals surface area contributed by atoms with Crippen LogP contribution < -0.4 is 19.7 Å². The van der Waals surface area contributed by atoms with Gasteiger partial charge in [0.2, 0.25) is 16.9 Å². The van der Waals surface area contributed by atoms with Crippen molar-refractivity contribution in [2.24, 2.45) is 5.92 Å². The number of methoxy groups -OCH3 is 2. The van der Waals surface area contributed by atoms with Crippen molar-refractivity contribution in [3.63, 3.8) is 0 Å². The lowest BCUT2D eigenvalue weighted by atomic mass is 10.1. The van der Waals surface area contributed by atoms with Gasteiger partial charge in [-0.05, 0) is 18.6 Å². The molecule has 3 rings (SSSR count). The van der Waals surface area contributed by atoms with Crippen molar-refractivity contribution in [3.8, 4) is 11.5 Å². The van der Waals surface area contributed by atoms with Crippen LogP contribution in [-0.4, -0.2) is 42.8 Å². The first-order valence-electron chi connectivity index (χ1n) is 8.21. The Kier molecular flexibility index (Phi) is 5.36. The summed E-state index contributed by atoms with van der Waals surface area (Å²) in [6, 6.07) is 5.23. The van der Waals surface area contributed by atoms with E-state index in [1.165, 1.54) is 18.4 Å². The third-order valence-electron chi connectivity index (χ3n) is 4.17. The van der Waals surface area contributed by atoms with E-state index in [2.05, 4.69) is 15.5 Å². The molecule has 1 aliphatic rings. The van der Waals surface area contributed by atoms with E-state index in [-0.39, 0.29) is 24.8 Å². The summed E-state index contributed by atoms with van der Waals surface area (Å²) in [6.07, 6.45) is 0.893. The molecule has 1 aromatic heterocycles. The van der Waals surface area contributed by atoms with Crippen LogP contribution in [0.15, 0.2) is 18.2 Å². The van der Waals surface area contributed by atoms with Crippen LogP contribution in [-0.2, 0) is 16.0 Å². The Morgan fingerprint density at radius 2 is 2.15 bits per heavy atom. The Morgan fingerprint density at radius 3 is 2.81 bits per heavy atom. The number of carbonyl (C=O) groups excluding carboxylic acids is 2. The highest BCUT2D eigenvalue weighted by atomic mass is 32.1. The second-order valence-electron chi connectivity index (χ2n) is 5.79. The van der Waals surface area contributed by atoms with Gasteiger partial charge >= 0.3 is 0 Å². The van der Waals surface area contributed by atoms with Crippen molar-refractivity contribution in [1.82, 2.24) is 10.2 Å². The van der Waals surface area contributed by atoms with Crippen LogP contribution in [0.5, 0.6) is 11.5 Å². The highest BCUT2D eigenvalue weighted by Gasteiger charge is 2.36. The maximum Gasteiger partial charge on any atom is 0.231 e. The van der Waals surface area contributed by atoms with E-state index >= 15 is 0 Å². The van der Waals surface area contributed by atoms with Crippen molar-refractivity contribution < 1.29 is 19.1 Å². The maximum absolute atomic E-state index is 12.5. The molecule has 1 aliphatic heterocycles. The quantitative estimate of drug-likeness (QED) is 0.830. The molecule has 1 saturated heterocycles. The molecule has 2 amide bonds. The number of nitrogens with one attached hydrogen (secondary N) is 1. The number of hydrogen-bond acceptors (Lipinski definition) is 7. The van der Waals surface area contributed by atoms with Gasteiger partial charge in [-0.25, -0.2) is 0 Å². The minimum absolute atomic E-state index is 0.131. The highest BCUT2D eigenvalue weighted by molar-refractivity contribution is 7.15. The lowest BCUT2D eigenvalue weighted by Crippen LogP contribution is -2.28. The zero-order valence-corrected chi connectivity index (χ0v) is 15.6. The van der Waals surface area contributed by atoms with Gasteiger partial charge in [0.25, 0.3) is 0 Å². The Hall–Kier alpha value is -2.68. The average Bonchev–Trinajstić information content (AvgIpc) is 3.27. The summed E-state index contributed by atoms with van der Waals surface area (Å²) in [4.78, 5) is 26.5. The summed E-state index contributed by atoms with van der Waals surface area (Å²) >= 11 is 1.34. The van der Waals surface area contributed by atoms with Gasteiger partial charge in [0.1, 0.15) is 16.5 Å². The third kappa shape index (κ3) is 3.62. The molecule has 1 aromatic carbocycles.